The summed E-state index contributed by atoms with van der Waals surface area (Å²) in [5.41, 5.74) is 2.24. The fourth-order valence-electron chi connectivity index (χ4n) is 2.31. The fourth-order valence-corrected chi connectivity index (χ4v) is 2.31. The fraction of sp³-hybridized carbons (Fsp3) is 0.750. The van der Waals surface area contributed by atoms with E-state index in [-0.39, 0.29) is 5.69 Å². The lowest BCUT2D eigenvalue weighted by Crippen LogP contribution is -2.30. The van der Waals surface area contributed by atoms with Crippen molar-refractivity contribution in [2.75, 3.05) is 6.61 Å². The maximum absolute atomic E-state index is 11.2. The highest BCUT2D eigenvalue weighted by atomic mass is 16.5. The number of hydrazine groups is 1. The topological polar surface area (TPSA) is 95.1 Å². The van der Waals surface area contributed by atoms with Gasteiger partial charge in [-0.3, -0.25) is 10.2 Å². The van der Waals surface area contributed by atoms with E-state index in [1.54, 1.807) is 10.9 Å². The van der Waals surface area contributed by atoms with E-state index < -0.39 is 5.91 Å². The minimum absolute atomic E-state index is 0.219. The van der Waals surface area contributed by atoms with E-state index in [0.29, 0.717) is 19.3 Å². The van der Waals surface area contributed by atoms with Gasteiger partial charge in [0.15, 0.2) is 5.69 Å². The molecule has 1 aromatic heterocycles. The molecule has 1 heterocycles. The van der Waals surface area contributed by atoms with Crippen molar-refractivity contribution in [1.82, 2.24) is 20.4 Å². The summed E-state index contributed by atoms with van der Waals surface area (Å²) in [5.74, 6) is 4.59. The smallest absolute Gasteiger partial charge is 0.287 e. The molecule has 7 nitrogen and oxygen atoms in total. The van der Waals surface area contributed by atoms with Crippen LogP contribution in [0.3, 0.4) is 0 Å². The van der Waals surface area contributed by atoms with Gasteiger partial charge in [-0.05, 0) is 12.8 Å². The molecule has 0 radical (unpaired) electrons. The van der Waals surface area contributed by atoms with Crippen LogP contribution in [-0.4, -0.2) is 33.6 Å². The van der Waals surface area contributed by atoms with E-state index in [9.17, 15) is 4.79 Å². The Kier molecular flexibility index (Phi) is 5.29. The van der Waals surface area contributed by atoms with Crippen LogP contribution in [0.5, 0.6) is 0 Å². The Hall–Kier alpha value is -1.47. The molecule has 1 saturated carbocycles. The van der Waals surface area contributed by atoms with Gasteiger partial charge < -0.3 is 4.74 Å². The molecular formula is C12H21N5O2. The first-order chi connectivity index (χ1) is 9.29. The first kappa shape index (κ1) is 14.0. The zero-order valence-electron chi connectivity index (χ0n) is 11.0. The number of nitrogens with zero attached hydrogens (tertiary/aromatic N) is 3. The number of hydrogen-bond donors (Lipinski definition) is 2. The normalized spacial score (nSPS) is 17.1. The highest BCUT2D eigenvalue weighted by Crippen LogP contribution is 2.19. The molecule has 0 spiro atoms. The zero-order chi connectivity index (χ0) is 13.5. The van der Waals surface area contributed by atoms with E-state index >= 15 is 0 Å². The number of nitrogens with two attached hydrogens (primary N) is 1. The van der Waals surface area contributed by atoms with E-state index in [2.05, 4.69) is 10.3 Å². The Labute approximate surface area is 112 Å². The maximum Gasteiger partial charge on any atom is 0.287 e. The lowest BCUT2D eigenvalue weighted by Gasteiger charge is -2.14. The third-order valence-electron chi connectivity index (χ3n) is 3.38. The van der Waals surface area contributed by atoms with Crippen molar-refractivity contribution in [2.24, 2.45) is 5.84 Å². The summed E-state index contributed by atoms with van der Waals surface area (Å²) in [4.78, 5) is 11.2. The highest BCUT2D eigenvalue weighted by molar-refractivity contribution is 5.91. The van der Waals surface area contributed by atoms with Crippen molar-refractivity contribution in [3.05, 3.63) is 11.9 Å². The number of rotatable bonds is 5. The molecule has 19 heavy (non-hydrogen) atoms. The summed E-state index contributed by atoms with van der Waals surface area (Å²) in [5, 5.41) is 7.59. The van der Waals surface area contributed by atoms with Gasteiger partial charge in [0, 0.05) is 0 Å². The van der Waals surface area contributed by atoms with E-state index in [1.807, 2.05) is 5.43 Å². The van der Waals surface area contributed by atoms with Crippen LogP contribution in [-0.2, 0) is 11.3 Å². The molecule has 7 heteroatoms. The number of aromatic nitrogens is 3. The number of carbonyl (C=O) groups excluding carboxylic acids is 1. The standard InChI is InChI=1S/C12H21N5O2/c13-14-12(18)11-9-17(16-15-11)7-8-19-10-5-3-1-2-4-6-10/h9-10H,1-8,13H2,(H,14,18). The van der Waals surface area contributed by atoms with E-state index in [0.717, 1.165) is 12.8 Å². The van der Waals surface area contributed by atoms with Crippen molar-refractivity contribution >= 4 is 5.91 Å². The van der Waals surface area contributed by atoms with E-state index in [1.165, 1.54) is 25.7 Å². The van der Waals surface area contributed by atoms with Crippen LogP contribution in [0.1, 0.15) is 49.0 Å². The zero-order valence-corrected chi connectivity index (χ0v) is 11.0. The molecule has 0 unspecified atom stereocenters. The quantitative estimate of drug-likeness (QED) is 0.353. The predicted octanol–water partition coefficient (Wildman–Crippen LogP) is 0.621. The van der Waals surface area contributed by atoms with Crippen molar-refractivity contribution in [3.63, 3.8) is 0 Å². The molecule has 106 valence electrons. The molecule has 1 fully saturated rings. The Morgan fingerprint density at radius 1 is 1.42 bits per heavy atom. The van der Waals surface area contributed by atoms with Crippen LogP contribution >= 0.6 is 0 Å². The lowest BCUT2D eigenvalue weighted by molar-refractivity contribution is 0.0367. The van der Waals surface area contributed by atoms with Gasteiger partial charge in [0.1, 0.15) is 0 Å². The van der Waals surface area contributed by atoms with Gasteiger partial charge in [-0.1, -0.05) is 30.9 Å². The highest BCUT2D eigenvalue weighted by Gasteiger charge is 2.13. The molecule has 0 aliphatic heterocycles. The first-order valence-electron chi connectivity index (χ1n) is 6.82. The number of nitrogens with one attached hydrogen (secondary N) is 1. The number of carbonyl (C=O) groups is 1. The summed E-state index contributed by atoms with van der Waals surface area (Å²) >= 11 is 0. The molecule has 0 aromatic carbocycles. The van der Waals surface area contributed by atoms with Crippen molar-refractivity contribution in [3.8, 4) is 0 Å². The number of nitrogen functional groups attached to an aromatic ring is 1. The van der Waals surface area contributed by atoms with Crippen LogP contribution in [0, 0.1) is 0 Å². The molecule has 1 aromatic rings. The van der Waals surface area contributed by atoms with Crippen LogP contribution in [0.4, 0.5) is 0 Å². The molecule has 1 aliphatic rings. The molecular weight excluding hydrogens is 246 g/mol. The maximum atomic E-state index is 11.2. The minimum Gasteiger partial charge on any atom is -0.376 e. The predicted molar refractivity (Wildman–Crippen MR) is 69.1 cm³/mol. The second-order valence-corrected chi connectivity index (χ2v) is 4.82. The first-order valence-corrected chi connectivity index (χ1v) is 6.82. The van der Waals surface area contributed by atoms with Gasteiger partial charge in [-0.2, -0.15) is 0 Å². The molecule has 1 aliphatic carbocycles. The molecule has 1 amide bonds. The third-order valence-corrected chi connectivity index (χ3v) is 3.38. The van der Waals surface area contributed by atoms with E-state index in [4.69, 9.17) is 10.6 Å². The van der Waals surface area contributed by atoms with Gasteiger partial charge >= 0.3 is 0 Å². The van der Waals surface area contributed by atoms with Crippen LogP contribution in [0.2, 0.25) is 0 Å². The summed E-state index contributed by atoms with van der Waals surface area (Å²) in [6.07, 6.45) is 9.40. The van der Waals surface area contributed by atoms with Gasteiger partial charge in [0.2, 0.25) is 0 Å². The molecule has 3 N–H and O–H groups in total. The lowest BCUT2D eigenvalue weighted by atomic mass is 10.1. The van der Waals surface area contributed by atoms with Gasteiger partial charge in [0.25, 0.3) is 5.91 Å². The van der Waals surface area contributed by atoms with Crippen LogP contribution in [0.25, 0.3) is 0 Å². The van der Waals surface area contributed by atoms with Crippen molar-refractivity contribution in [2.45, 2.75) is 51.2 Å². The largest absolute Gasteiger partial charge is 0.376 e. The van der Waals surface area contributed by atoms with Gasteiger partial charge in [-0.15, -0.1) is 5.10 Å². The molecule has 2 rings (SSSR count). The SMILES string of the molecule is NNC(=O)c1cn(CCOC2CCCCCC2)nn1. The summed E-state index contributed by atoms with van der Waals surface area (Å²) in [7, 11) is 0. The Morgan fingerprint density at radius 2 is 2.16 bits per heavy atom. The number of amides is 1. The summed E-state index contributed by atoms with van der Waals surface area (Å²) in [6, 6.07) is 0. The molecule has 0 saturated heterocycles. The monoisotopic (exact) mass is 267 g/mol. The summed E-state index contributed by atoms with van der Waals surface area (Å²) in [6.45, 7) is 1.19. The van der Waals surface area contributed by atoms with Gasteiger partial charge in [0.05, 0.1) is 25.5 Å². The Bertz CT molecular complexity index is 399. The molecule has 0 bridgehead atoms. The van der Waals surface area contributed by atoms with Crippen LogP contribution < -0.4 is 11.3 Å². The molecule has 0 atom stereocenters. The van der Waals surface area contributed by atoms with Crippen LogP contribution in [0.15, 0.2) is 6.20 Å². The minimum atomic E-state index is -0.434. The number of ether oxygens (including phenoxy) is 1. The average molecular weight is 267 g/mol. The Morgan fingerprint density at radius 3 is 2.84 bits per heavy atom. The number of hydrogen-bond acceptors (Lipinski definition) is 5. The second kappa shape index (κ2) is 7.20. The van der Waals surface area contributed by atoms with Crippen molar-refractivity contribution in [1.29, 1.82) is 0 Å². The van der Waals surface area contributed by atoms with Crippen molar-refractivity contribution < 1.29 is 9.53 Å². The Balaban J connectivity index is 1.72. The second-order valence-electron chi connectivity index (χ2n) is 4.82. The summed E-state index contributed by atoms with van der Waals surface area (Å²) < 4.78 is 7.45. The average Bonchev–Trinajstić information content (AvgIpc) is 2.74. The van der Waals surface area contributed by atoms with Gasteiger partial charge in [-0.25, -0.2) is 10.5 Å². The third kappa shape index (κ3) is 4.29.